The van der Waals surface area contributed by atoms with Gasteiger partial charge in [-0.1, -0.05) is 88.7 Å². The number of hydrogen-bond acceptors (Lipinski definition) is 0. The molecular formula is C22H26. The van der Waals surface area contributed by atoms with Crippen LogP contribution in [-0.2, 0) is 11.8 Å². The van der Waals surface area contributed by atoms with E-state index in [0.29, 0.717) is 5.92 Å². The second-order valence-corrected chi connectivity index (χ2v) is 7.72. The van der Waals surface area contributed by atoms with Crippen LogP contribution in [0.5, 0.6) is 0 Å². The van der Waals surface area contributed by atoms with Crippen molar-refractivity contribution in [3.8, 4) is 11.1 Å². The topological polar surface area (TPSA) is 0 Å². The third kappa shape index (κ3) is 2.63. The highest BCUT2D eigenvalue weighted by molar-refractivity contribution is 5.82. The number of hydrogen-bond donors (Lipinski definition) is 0. The Morgan fingerprint density at radius 2 is 1.55 bits per heavy atom. The summed E-state index contributed by atoms with van der Waals surface area (Å²) < 4.78 is 0. The Morgan fingerprint density at radius 3 is 2.23 bits per heavy atom. The van der Waals surface area contributed by atoms with E-state index >= 15 is 0 Å². The number of rotatable bonds is 2. The maximum atomic E-state index is 2.43. The first-order chi connectivity index (χ1) is 10.4. The van der Waals surface area contributed by atoms with E-state index in [9.17, 15) is 0 Å². The molecule has 1 aliphatic rings. The molecule has 0 amide bonds. The maximum absolute atomic E-state index is 2.43. The Bertz CT molecular complexity index is 724. The Hall–Kier alpha value is -1.82. The van der Waals surface area contributed by atoms with Gasteiger partial charge in [-0.25, -0.2) is 0 Å². The molecule has 0 fully saturated rings. The predicted molar refractivity (Wildman–Crippen MR) is 97.1 cm³/mol. The van der Waals surface area contributed by atoms with E-state index in [2.05, 4.69) is 83.2 Å². The molecule has 0 aliphatic heterocycles. The van der Waals surface area contributed by atoms with Crippen LogP contribution in [0, 0.1) is 5.92 Å². The molecule has 0 spiro atoms. The molecule has 0 atom stereocenters. The van der Waals surface area contributed by atoms with Crippen molar-refractivity contribution >= 4 is 6.08 Å². The summed E-state index contributed by atoms with van der Waals surface area (Å²) in [6, 6.07) is 15.6. The standard InChI is InChI=1S/C22H26/c1-15(2)17-13-16-9-8-11-18(20(16)14-17)19-10-6-7-12-21(19)22(3,4)5/h6-12,14-15H,13H2,1-5H3. The van der Waals surface area contributed by atoms with Gasteiger partial charge >= 0.3 is 0 Å². The van der Waals surface area contributed by atoms with Crippen molar-refractivity contribution < 1.29 is 0 Å². The zero-order valence-corrected chi connectivity index (χ0v) is 14.4. The van der Waals surface area contributed by atoms with E-state index in [4.69, 9.17) is 0 Å². The molecule has 0 saturated carbocycles. The second-order valence-electron chi connectivity index (χ2n) is 7.72. The lowest BCUT2D eigenvalue weighted by molar-refractivity contribution is 0.592. The highest BCUT2D eigenvalue weighted by Gasteiger charge is 2.22. The summed E-state index contributed by atoms with van der Waals surface area (Å²) in [6.45, 7) is 11.5. The van der Waals surface area contributed by atoms with Crippen LogP contribution in [0.25, 0.3) is 17.2 Å². The van der Waals surface area contributed by atoms with Gasteiger partial charge in [0.15, 0.2) is 0 Å². The van der Waals surface area contributed by atoms with Crippen LogP contribution in [0.4, 0.5) is 0 Å². The van der Waals surface area contributed by atoms with Gasteiger partial charge in [-0.15, -0.1) is 0 Å². The van der Waals surface area contributed by atoms with Gasteiger partial charge in [-0.05, 0) is 45.6 Å². The Balaban J connectivity index is 2.19. The Labute approximate surface area is 134 Å². The van der Waals surface area contributed by atoms with Crippen molar-refractivity contribution in [1.29, 1.82) is 0 Å². The summed E-state index contributed by atoms with van der Waals surface area (Å²) >= 11 is 0. The fraction of sp³-hybridized carbons (Fsp3) is 0.364. The minimum absolute atomic E-state index is 0.155. The first-order valence-corrected chi connectivity index (χ1v) is 8.30. The van der Waals surface area contributed by atoms with Crippen LogP contribution in [0.1, 0.15) is 51.3 Å². The monoisotopic (exact) mass is 290 g/mol. The van der Waals surface area contributed by atoms with E-state index in [1.165, 1.54) is 27.8 Å². The minimum atomic E-state index is 0.155. The van der Waals surface area contributed by atoms with Crippen LogP contribution >= 0.6 is 0 Å². The number of allylic oxidation sites excluding steroid dienone is 1. The first kappa shape index (κ1) is 15.1. The van der Waals surface area contributed by atoms with Crippen molar-refractivity contribution in [2.24, 2.45) is 5.92 Å². The van der Waals surface area contributed by atoms with Crippen LogP contribution in [0.2, 0.25) is 0 Å². The lowest BCUT2D eigenvalue weighted by Gasteiger charge is -2.24. The SMILES string of the molecule is CC(C)C1=Cc2c(cccc2-c2ccccc2C(C)(C)C)C1. The molecule has 2 aromatic carbocycles. The largest absolute Gasteiger partial charge is 0.0626 e. The highest BCUT2D eigenvalue weighted by atomic mass is 14.3. The molecule has 0 bridgehead atoms. The van der Waals surface area contributed by atoms with Crippen molar-refractivity contribution in [2.75, 3.05) is 0 Å². The Kier molecular flexibility index (Phi) is 3.72. The predicted octanol–water partition coefficient (Wildman–Crippen LogP) is 6.25. The maximum Gasteiger partial charge on any atom is -0.00550 e. The molecule has 114 valence electrons. The molecule has 2 aromatic rings. The molecule has 0 aromatic heterocycles. The van der Waals surface area contributed by atoms with E-state index < -0.39 is 0 Å². The fourth-order valence-electron chi connectivity index (χ4n) is 3.37. The molecular weight excluding hydrogens is 264 g/mol. The third-order valence-electron chi connectivity index (χ3n) is 4.69. The molecule has 0 heterocycles. The quantitative estimate of drug-likeness (QED) is 0.613. The summed E-state index contributed by atoms with van der Waals surface area (Å²) in [5, 5.41) is 0. The van der Waals surface area contributed by atoms with Gasteiger partial charge in [0.25, 0.3) is 0 Å². The van der Waals surface area contributed by atoms with E-state index in [1.807, 2.05) is 0 Å². The molecule has 0 nitrogen and oxygen atoms in total. The zero-order valence-electron chi connectivity index (χ0n) is 14.4. The van der Waals surface area contributed by atoms with Gasteiger partial charge < -0.3 is 0 Å². The zero-order chi connectivity index (χ0) is 15.9. The summed E-state index contributed by atoms with van der Waals surface area (Å²) in [5.41, 5.74) is 8.81. The average molecular weight is 290 g/mol. The van der Waals surface area contributed by atoms with Gasteiger partial charge in [0.05, 0.1) is 0 Å². The fourth-order valence-corrected chi connectivity index (χ4v) is 3.37. The van der Waals surface area contributed by atoms with Crippen molar-refractivity contribution in [3.63, 3.8) is 0 Å². The summed E-state index contributed by atoms with van der Waals surface area (Å²) in [6.07, 6.45) is 3.54. The van der Waals surface area contributed by atoms with Crippen LogP contribution in [0.3, 0.4) is 0 Å². The molecule has 22 heavy (non-hydrogen) atoms. The molecule has 0 saturated heterocycles. The molecule has 0 radical (unpaired) electrons. The van der Waals surface area contributed by atoms with E-state index in [0.717, 1.165) is 6.42 Å². The average Bonchev–Trinajstić information content (AvgIpc) is 2.90. The van der Waals surface area contributed by atoms with Gasteiger partial charge in [-0.2, -0.15) is 0 Å². The third-order valence-corrected chi connectivity index (χ3v) is 4.69. The summed E-state index contributed by atoms with van der Waals surface area (Å²) in [7, 11) is 0. The smallest absolute Gasteiger partial charge is 0.00550 e. The van der Waals surface area contributed by atoms with Crippen molar-refractivity contribution in [3.05, 3.63) is 64.7 Å². The normalized spacial score (nSPS) is 14.2. The lowest BCUT2D eigenvalue weighted by atomic mass is 9.81. The lowest BCUT2D eigenvalue weighted by Crippen LogP contribution is -2.12. The van der Waals surface area contributed by atoms with E-state index in [1.54, 1.807) is 5.57 Å². The first-order valence-electron chi connectivity index (χ1n) is 8.30. The molecule has 0 N–H and O–H groups in total. The number of benzene rings is 2. The highest BCUT2D eigenvalue weighted by Crippen LogP contribution is 2.39. The van der Waals surface area contributed by atoms with Crippen LogP contribution in [0.15, 0.2) is 48.0 Å². The van der Waals surface area contributed by atoms with Gasteiger partial charge in [-0.3, -0.25) is 0 Å². The summed E-state index contributed by atoms with van der Waals surface area (Å²) in [4.78, 5) is 0. The van der Waals surface area contributed by atoms with Gasteiger partial charge in [0, 0.05) is 0 Å². The molecule has 0 heteroatoms. The molecule has 0 unspecified atom stereocenters. The van der Waals surface area contributed by atoms with E-state index in [-0.39, 0.29) is 5.41 Å². The van der Waals surface area contributed by atoms with Crippen LogP contribution < -0.4 is 0 Å². The number of fused-ring (bicyclic) bond motifs is 1. The van der Waals surface area contributed by atoms with Gasteiger partial charge in [0.1, 0.15) is 0 Å². The van der Waals surface area contributed by atoms with Crippen LogP contribution in [-0.4, -0.2) is 0 Å². The Morgan fingerprint density at radius 1 is 0.864 bits per heavy atom. The van der Waals surface area contributed by atoms with Gasteiger partial charge in [0.2, 0.25) is 0 Å². The van der Waals surface area contributed by atoms with Crippen molar-refractivity contribution in [2.45, 2.75) is 46.5 Å². The molecule has 3 rings (SSSR count). The van der Waals surface area contributed by atoms with Crippen molar-refractivity contribution in [1.82, 2.24) is 0 Å². The minimum Gasteiger partial charge on any atom is -0.0626 e. The summed E-state index contributed by atoms with van der Waals surface area (Å²) in [5.74, 6) is 0.623. The molecule has 1 aliphatic carbocycles. The second kappa shape index (κ2) is 5.43.